The lowest BCUT2D eigenvalue weighted by Crippen LogP contribution is -2.55. The number of hydrogen-bond donors (Lipinski definition) is 1. The first-order valence-corrected chi connectivity index (χ1v) is 19.4. The summed E-state index contributed by atoms with van der Waals surface area (Å²) in [6, 6.07) is 11.7. The van der Waals surface area contributed by atoms with E-state index in [0.29, 0.717) is 55.9 Å². The molecule has 1 aromatic heterocycles. The summed E-state index contributed by atoms with van der Waals surface area (Å²) in [6.07, 6.45) is 2.30. The summed E-state index contributed by atoms with van der Waals surface area (Å²) < 4.78 is 70.0. The molecule has 0 radical (unpaired) electrons. The zero-order valence-electron chi connectivity index (χ0n) is 29.2. The molecule has 13 heteroatoms. The van der Waals surface area contributed by atoms with Gasteiger partial charge in [0.15, 0.2) is 0 Å². The van der Waals surface area contributed by atoms with Gasteiger partial charge in [0.2, 0.25) is 5.88 Å². The van der Waals surface area contributed by atoms with Crippen LogP contribution in [0.3, 0.4) is 0 Å². The van der Waals surface area contributed by atoms with Crippen LogP contribution in [0.5, 0.6) is 5.88 Å². The van der Waals surface area contributed by atoms with Gasteiger partial charge >= 0.3 is 6.18 Å². The number of pyridine rings is 1. The molecule has 8 nitrogen and oxygen atoms in total. The number of anilines is 2. The molecule has 2 saturated heterocycles. The van der Waals surface area contributed by atoms with Gasteiger partial charge in [0.05, 0.1) is 48.4 Å². The Morgan fingerprint density at radius 2 is 1.80 bits per heavy atom. The van der Waals surface area contributed by atoms with Crippen molar-refractivity contribution in [1.82, 2.24) is 14.8 Å². The highest BCUT2D eigenvalue weighted by atomic mass is 32.3. The quantitative estimate of drug-likeness (QED) is 0.226. The number of benzene rings is 2. The summed E-state index contributed by atoms with van der Waals surface area (Å²) in [4.78, 5) is 24.1. The zero-order valence-corrected chi connectivity index (χ0v) is 30.1. The Morgan fingerprint density at radius 3 is 2.41 bits per heavy atom. The van der Waals surface area contributed by atoms with Crippen LogP contribution in [0.1, 0.15) is 35.3 Å². The molecule has 1 amide bonds. The van der Waals surface area contributed by atoms with Crippen LogP contribution in [-0.2, 0) is 17.5 Å². The van der Waals surface area contributed by atoms with E-state index in [2.05, 4.69) is 52.7 Å². The van der Waals surface area contributed by atoms with Crippen molar-refractivity contribution in [3.8, 4) is 17.0 Å². The third-order valence-electron chi connectivity index (χ3n) is 9.32. The first-order chi connectivity index (χ1) is 23.0. The number of ether oxygens (including phenoxy) is 2. The topological polar surface area (TPSA) is 70.2 Å². The number of nitrogens with one attached hydrogen (secondary N) is 1. The Morgan fingerprint density at radius 1 is 1.10 bits per heavy atom. The molecule has 2 fully saturated rings. The highest BCUT2D eigenvalue weighted by Gasteiger charge is 2.37. The predicted octanol–water partition coefficient (Wildman–Crippen LogP) is 6.59. The molecule has 3 aromatic rings. The smallest absolute Gasteiger partial charge is 0.417 e. The van der Waals surface area contributed by atoms with Crippen molar-refractivity contribution in [3.05, 3.63) is 71.2 Å². The maximum atomic E-state index is 16.1. The first-order valence-electron chi connectivity index (χ1n) is 16.4. The SMILES string of the molecule is C[C@@H]1CN(c2cc(F)c(-c3cccc(CN(C)C4COC4)c3)cc2NC(=O)c2cnc(OCCS(C)(C)C)cc2C(F)(F)F)C[C@H](C)N1C. The normalized spacial score (nSPS) is 19.6. The summed E-state index contributed by atoms with van der Waals surface area (Å²) in [5.74, 6) is -1.01. The van der Waals surface area contributed by atoms with Crippen LogP contribution >= 0.6 is 10.0 Å². The van der Waals surface area contributed by atoms with E-state index in [-0.39, 0.29) is 35.8 Å². The fourth-order valence-electron chi connectivity index (χ4n) is 6.00. The van der Waals surface area contributed by atoms with Gasteiger partial charge in [-0.05, 0) is 76.0 Å². The molecular weight excluding hydrogens is 658 g/mol. The number of halogens is 4. The third-order valence-corrected chi connectivity index (χ3v) is 10.7. The van der Waals surface area contributed by atoms with Gasteiger partial charge in [-0.15, -0.1) is 0 Å². The third kappa shape index (κ3) is 9.05. The lowest BCUT2D eigenvalue weighted by Gasteiger charge is -2.44. The molecule has 2 aliphatic rings. The van der Waals surface area contributed by atoms with E-state index in [9.17, 15) is 18.0 Å². The predicted molar refractivity (Wildman–Crippen MR) is 190 cm³/mol. The zero-order chi connectivity index (χ0) is 35.7. The Balaban J connectivity index is 1.50. The molecular formula is C36H47F4N5O3S. The van der Waals surface area contributed by atoms with Gasteiger partial charge in [0.25, 0.3) is 5.91 Å². The van der Waals surface area contributed by atoms with E-state index in [0.717, 1.165) is 17.8 Å². The minimum Gasteiger partial charge on any atom is -0.477 e. The number of piperazine rings is 1. The average Bonchev–Trinajstić information content (AvgIpc) is 2.98. The van der Waals surface area contributed by atoms with Crippen LogP contribution in [0.4, 0.5) is 28.9 Å². The van der Waals surface area contributed by atoms with Crippen molar-refractivity contribution in [2.45, 2.75) is 44.7 Å². The van der Waals surface area contributed by atoms with Crippen LogP contribution < -0.4 is 15.0 Å². The molecule has 0 spiro atoms. The van der Waals surface area contributed by atoms with Gasteiger partial charge < -0.3 is 19.7 Å². The number of amides is 1. The molecule has 1 N–H and O–H groups in total. The number of carbonyl (C=O) groups is 1. The van der Waals surface area contributed by atoms with Crippen molar-refractivity contribution < 1.29 is 31.8 Å². The number of carbonyl (C=O) groups excluding carboxylic acids is 1. The van der Waals surface area contributed by atoms with E-state index in [1.54, 1.807) is 6.07 Å². The minimum absolute atomic E-state index is 0.109. The molecule has 49 heavy (non-hydrogen) atoms. The second kappa shape index (κ2) is 14.8. The molecule has 5 rings (SSSR count). The highest BCUT2D eigenvalue weighted by molar-refractivity contribution is 8.32. The second-order valence-electron chi connectivity index (χ2n) is 14.1. The minimum atomic E-state index is -4.85. The fourth-order valence-corrected chi connectivity index (χ4v) is 6.58. The van der Waals surface area contributed by atoms with E-state index in [1.165, 1.54) is 12.1 Å². The lowest BCUT2D eigenvalue weighted by molar-refractivity contribution is -0.138. The molecule has 2 aliphatic heterocycles. The molecule has 0 bridgehead atoms. The number of hydrogen-bond acceptors (Lipinski definition) is 7. The molecule has 3 heterocycles. The van der Waals surface area contributed by atoms with Crippen molar-refractivity contribution in [1.29, 1.82) is 0 Å². The van der Waals surface area contributed by atoms with Crippen LogP contribution in [0.25, 0.3) is 11.1 Å². The van der Waals surface area contributed by atoms with E-state index in [4.69, 9.17) is 9.47 Å². The second-order valence-corrected chi connectivity index (χ2v) is 18.7. The lowest BCUT2D eigenvalue weighted by atomic mass is 9.99. The van der Waals surface area contributed by atoms with Gasteiger partial charge in [-0.25, -0.2) is 19.4 Å². The average molecular weight is 706 g/mol. The van der Waals surface area contributed by atoms with Gasteiger partial charge in [-0.3, -0.25) is 14.6 Å². The summed E-state index contributed by atoms with van der Waals surface area (Å²) in [5, 5.41) is 2.71. The molecule has 2 atom stereocenters. The summed E-state index contributed by atoms with van der Waals surface area (Å²) in [7, 11) is 3.10. The molecule has 0 aliphatic carbocycles. The van der Waals surface area contributed by atoms with E-state index < -0.39 is 39.1 Å². The molecule has 0 saturated carbocycles. The van der Waals surface area contributed by atoms with E-state index in [1.807, 2.05) is 37.2 Å². The van der Waals surface area contributed by atoms with Crippen LogP contribution in [0.15, 0.2) is 48.7 Å². The Kier molecular flexibility index (Phi) is 11.2. The first kappa shape index (κ1) is 36.9. The maximum absolute atomic E-state index is 16.1. The monoisotopic (exact) mass is 705 g/mol. The molecule has 2 aromatic carbocycles. The summed E-state index contributed by atoms with van der Waals surface area (Å²) >= 11 is 0. The Labute approximate surface area is 288 Å². The van der Waals surface area contributed by atoms with Crippen molar-refractivity contribution in [2.75, 3.05) is 81.7 Å². The van der Waals surface area contributed by atoms with Crippen LogP contribution in [-0.4, -0.2) is 110 Å². The number of nitrogens with zero attached hydrogens (tertiary/aromatic N) is 4. The van der Waals surface area contributed by atoms with Crippen LogP contribution in [0.2, 0.25) is 0 Å². The Hall–Kier alpha value is -3.39. The van der Waals surface area contributed by atoms with Gasteiger partial charge in [0.1, 0.15) is 5.82 Å². The Bertz CT molecular complexity index is 1630. The van der Waals surface area contributed by atoms with Crippen molar-refractivity contribution >= 4 is 27.3 Å². The van der Waals surface area contributed by atoms with E-state index >= 15 is 4.39 Å². The number of rotatable bonds is 11. The number of alkyl halides is 3. The largest absolute Gasteiger partial charge is 0.477 e. The van der Waals surface area contributed by atoms with Crippen molar-refractivity contribution in [2.24, 2.45) is 0 Å². The van der Waals surface area contributed by atoms with Crippen LogP contribution in [0, 0.1) is 5.82 Å². The summed E-state index contributed by atoms with van der Waals surface area (Å²) in [6.45, 7) is 7.35. The standard InChI is InChI=1S/C36H47F4N5O3S/c1-23-18-45(19-24(2)44(23)4)33-16-31(37)28(26-10-8-9-25(13-26)20-43(3)27-21-47-22-27)14-32(33)42-35(46)29-17-41-34(15-30(29)36(38,39)40)48-11-12-49(5,6)7/h8-10,13-17,23-24,27H,11-12,18-22H2,1-7H3,(H,42,46)/t23-,24+. The summed E-state index contributed by atoms with van der Waals surface area (Å²) in [5.41, 5.74) is 0.585. The number of aromatic nitrogens is 1. The molecule has 0 unspecified atom stereocenters. The van der Waals surface area contributed by atoms with Gasteiger partial charge in [-0.1, -0.05) is 18.2 Å². The van der Waals surface area contributed by atoms with Gasteiger partial charge in [0, 0.05) is 55.3 Å². The highest BCUT2D eigenvalue weighted by Crippen LogP contribution is 2.39. The van der Waals surface area contributed by atoms with Gasteiger partial charge in [-0.2, -0.15) is 13.2 Å². The molecule has 268 valence electrons. The van der Waals surface area contributed by atoms with Crippen molar-refractivity contribution in [3.63, 3.8) is 0 Å². The number of likely N-dealkylation sites (N-methyl/N-ethyl adjacent to an activating group) is 2. The fraction of sp³-hybridized carbons (Fsp3) is 0.500. The maximum Gasteiger partial charge on any atom is 0.417 e.